The molecule has 150 valence electrons. The van der Waals surface area contributed by atoms with Crippen molar-refractivity contribution in [2.75, 3.05) is 21.3 Å². The van der Waals surface area contributed by atoms with E-state index in [2.05, 4.69) is 14.9 Å². The third-order valence-corrected chi connectivity index (χ3v) is 5.68. The number of benzene rings is 2. The van der Waals surface area contributed by atoms with Gasteiger partial charge >= 0.3 is 0 Å². The van der Waals surface area contributed by atoms with Crippen LogP contribution < -0.4 is 19.8 Å². The quantitative estimate of drug-likeness (QED) is 0.623. The first-order valence-electron chi connectivity index (χ1n) is 8.05. The van der Waals surface area contributed by atoms with Crippen LogP contribution in [0.15, 0.2) is 46.1 Å². The number of nitrogens with one attached hydrogen (secondary N) is 2. The van der Waals surface area contributed by atoms with Gasteiger partial charge in [0, 0.05) is 11.8 Å². The van der Waals surface area contributed by atoms with Crippen molar-refractivity contribution in [1.29, 1.82) is 0 Å². The number of halogens is 1. The van der Waals surface area contributed by atoms with Crippen LogP contribution in [0.4, 0.5) is 0 Å². The second kappa shape index (κ2) is 8.59. The molecule has 8 nitrogen and oxygen atoms in total. The molecule has 1 heterocycles. The maximum Gasteiger partial charge on any atom is 0.272 e. The summed E-state index contributed by atoms with van der Waals surface area (Å²) < 4.78 is 36.5. The average Bonchev–Trinajstić information content (AvgIpc) is 2.69. The molecule has 2 aromatic carbocycles. The highest BCUT2D eigenvalue weighted by Crippen LogP contribution is 2.32. The van der Waals surface area contributed by atoms with E-state index in [9.17, 15) is 13.2 Å². The summed E-state index contributed by atoms with van der Waals surface area (Å²) in [7, 11) is 0.894. The molecule has 28 heavy (non-hydrogen) atoms. The fraction of sp³-hybridized carbons (Fsp3) is 0.222. The van der Waals surface area contributed by atoms with Crippen LogP contribution in [0.2, 0.25) is 0 Å². The lowest BCUT2D eigenvalue weighted by Crippen LogP contribution is -2.18. The highest BCUT2D eigenvalue weighted by Gasteiger charge is 2.14. The van der Waals surface area contributed by atoms with Gasteiger partial charge < -0.3 is 9.47 Å². The van der Waals surface area contributed by atoms with E-state index in [-0.39, 0.29) is 22.9 Å². The molecule has 3 rings (SSSR count). The summed E-state index contributed by atoms with van der Waals surface area (Å²) in [5.74, 6) is 0.948. The highest BCUT2D eigenvalue weighted by atomic mass is 35.5. The standard InChI is InChI=1S/C18H19N3O5S.ClH/c1-19-27(23,24)12-6-4-11(5-7-12)8-15-13-9-16(25-2)17(26-3)10-14(13)18(22)21-20-15;/h4-7,9-10,19H,8H2,1-3H3,(H,21,22);1H. The van der Waals surface area contributed by atoms with Crippen LogP contribution >= 0.6 is 12.4 Å². The zero-order valence-corrected chi connectivity index (χ0v) is 17.1. The van der Waals surface area contributed by atoms with Gasteiger partial charge in [0.05, 0.1) is 30.2 Å². The monoisotopic (exact) mass is 425 g/mol. The summed E-state index contributed by atoms with van der Waals surface area (Å²) in [5.41, 5.74) is 1.15. The Balaban J connectivity index is 0.00000280. The van der Waals surface area contributed by atoms with Crippen LogP contribution in [0.1, 0.15) is 11.3 Å². The van der Waals surface area contributed by atoms with Crippen LogP contribution in [-0.2, 0) is 16.4 Å². The second-order valence-electron chi connectivity index (χ2n) is 5.78. The fourth-order valence-corrected chi connectivity index (χ4v) is 3.51. The maximum absolute atomic E-state index is 12.2. The third kappa shape index (κ3) is 4.11. The molecule has 0 atom stereocenters. The van der Waals surface area contributed by atoms with Crippen LogP contribution in [0, 0.1) is 0 Å². The summed E-state index contributed by atoms with van der Waals surface area (Å²) in [4.78, 5) is 12.3. The molecule has 2 N–H and O–H groups in total. The zero-order chi connectivity index (χ0) is 19.6. The Kier molecular flexibility index (Phi) is 6.65. The van der Waals surface area contributed by atoms with Gasteiger partial charge in [-0.15, -0.1) is 12.4 Å². The minimum absolute atomic E-state index is 0. The molecule has 0 fully saturated rings. The van der Waals surface area contributed by atoms with Crippen LogP contribution in [-0.4, -0.2) is 39.9 Å². The molecule has 0 aliphatic carbocycles. The van der Waals surface area contributed by atoms with Gasteiger partial charge in [-0.1, -0.05) is 12.1 Å². The first-order chi connectivity index (χ1) is 12.9. The van der Waals surface area contributed by atoms with Crippen molar-refractivity contribution in [3.8, 4) is 11.5 Å². The molecule has 3 aromatic rings. The highest BCUT2D eigenvalue weighted by molar-refractivity contribution is 7.89. The van der Waals surface area contributed by atoms with Gasteiger partial charge in [0.25, 0.3) is 5.56 Å². The molecule has 0 aliphatic rings. The van der Waals surface area contributed by atoms with Crippen molar-refractivity contribution in [2.45, 2.75) is 11.3 Å². The number of ether oxygens (including phenoxy) is 2. The Labute approximate surface area is 168 Å². The molecule has 0 unspecified atom stereocenters. The first kappa shape index (κ1) is 21.7. The number of fused-ring (bicyclic) bond motifs is 1. The minimum Gasteiger partial charge on any atom is -0.493 e. The number of methoxy groups -OCH3 is 2. The van der Waals surface area contributed by atoms with Gasteiger partial charge in [-0.25, -0.2) is 18.2 Å². The van der Waals surface area contributed by atoms with Crippen molar-refractivity contribution >= 4 is 33.2 Å². The topological polar surface area (TPSA) is 110 Å². The summed E-state index contributed by atoms with van der Waals surface area (Å²) >= 11 is 0. The molecule has 0 saturated heterocycles. The summed E-state index contributed by atoms with van der Waals surface area (Å²) in [6, 6.07) is 9.80. The Hall–Kier alpha value is -2.62. The van der Waals surface area contributed by atoms with E-state index in [1.54, 1.807) is 24.3 Å². The Morgan fingerprint density at radius 1 is 1.04 bits per heavy atom. The van der Waals surface area contributed by atoms with Crippen molar-refractivity contribution < 1.29 is 17.9 Å². The van der Waals surface area contributed by atoms with E-state index in [0.717, 1.165) is 5.56 Å². The number of nitrogens with zero attached hydrogens (tertiary/aromatic N) is 1. The van der Waals surface area contributed by atoms with Gasteiger partial charge in [0.1, 0.15) is 0 Å². The Morgan fingerprint density at radius 3 is 2.14 bits per heavy atom. The summed E-state index contributed by atoms with van der Waals surface area (Å²) in [5, 5.41) is 7.72. The molecular weight excluding hydrogens is 406 g/mol. The van der Waals surface area contributed by atoms with E-state index in [0.29, 0.717) is 34.4 Å². The Bertz CT molecular complexity index is 1140. The predicted octanol–water partition coefficient (Wildman–Crippen LogP) is 1.86. The number of hydrogen-bond donors (Lipinski definition) is 2. The van der Waals surface area contributed by atoms with Gasteiger partial charge in [-0.05, 0) is 36.9 Å². The van der Waals surface area contributed by atoms with E-state index in [1.807, 2.05) is 0 Å². The molecule has 10 heteroatoms. The lowest BCUT2D eigenvalue weighted by Gasteiger charge is -2.11. The lowest BCUT2D eigenvalue weighted by molar-refractivity contribution is 0.356. The van der Waals surface area contributed by atoms with E-state index in [4.69, 9.17) is 9.47 Å². The van der Waals surface area contributed by atoms with Crippen molar-refractivity contribution in [2.24, 2.45) is 0 Å². The summed E-state index contributed by atoms with van der Waals surface area (Å²) in [6.45, 7) is 0. The normalized spacial score (nSPS) is 11.1. The lowest BCUT2D eigenvalue weighted by atomic mass is 10.0. The van der Waals surface area contributed by atoms with Crippen molar-refractivity contribution in [3.63, 3.8) is 0 Å². The minimum atomic E-state index is -3.49. The average molecular weight is 426 g/mol. The number of H-pyrrole nitrogens is 1. The zero-order valence-electron chi connectivity index (χ0n) is 15.5. The second-order valence-corrected chi connectivity index (χ2v) is 7.67. The number of hydrogen-bond acceptors (Lipinski definition) is 6. The number of rotatable bonds is 6. The molecule has 0 bridgehead atoms. The molecular formula is C18H20ClN3O5S. The van der Waals surface area contributed by atoms with Gasteiger partial charge in [-0.3, -0.25) is 4.79 Å². The first-order valence-corrected chi connectivity index (χ1v) is 9.53. The van der Waals surface area contributed by atoms with Gasteiger partial charge in [0.2, 0.25) is 10.0 Å². The van der Waals surface area contributed by atoms with Gasteiger partial charge in [0.15, 0.2) is 11.5 Å². The Morgan fingerprint density at radius 2 is 1.61 bits per heavy atom. The molecule has 0 radical (unpaired) electrons. The predicted molar refractivity (Wildman–Crippen MR) is 108 cm³/mol. The molecule has 0 spiro atoms. The van der Waals surface area contributed by atoms with Crippen molar-refractivity contribution in [3.05, 3.63) is 58.0 Å². The SMILES string of the molecule is CNS(=O)(=O)c1ccc(Cc2n[nH]c(=O)c3cc(OC)c(OC)cc23)cc1.Cl. The maximum atomic E-state index is 12.2. The molecule has 0 amide bonds. The van der Waals surface area contributed by atoms with Crippen LogP contribution in [0.5, 0.6) is 11.5 Å². The van der Waals surface area contributed by atoms with E-state index >= 15 is 0 Å². The molecule has 0 saturated carbocycles. The fourth-order valence-electron chi connectivity index (χ4n) is 2.78. The molecule has 1 aromatic heterocycles. The third-order valence-electron chi connectivity index (χ3n) is 4.25. The largest absolute Gasteiger partial charge is 0.493 e. The van der Waals surface area contributed by atoms with Crippen LogP contribution in [0.25, 0.3) is 10.8 Å². The summed E-state index contributed by atoms with van der Waals surface area (Å²) in [6.07, 6.45) is 0.405. The number of sulfonamides is 1. The molecule has 0 aliphatic heterocycles. The smallest absolute Gasteiger partial charge is 0.272 e. The van der Waals surface area contributed by atoms with E-state index < -0.39 is 10.0 Å². The van der Waals surface area contributed by atoms with Crippen LogP contribution in [0.3, 0.4) is 0 Å². The van der Waals surface area contributed by atoms with E-state index in [1.165, 1.54) is 33.4 Å². The van der Waals surface area contributed by atoms with Crippen molar-refractivity contribution in [1.82, 2.24) is 14.9 Å². The van der Waals surface area contributed by atoms with Gasteiger partial charge in [-0.2, -0.15) is 5.10 Å². The number of aromatic amines is 1. The number of aromatic nitrogens is 2.